The maximum Gasteiger partial charge on any atom is 0.166 e. The maximum absolute atomic E-state index is 3.68. The Labute approximate surface area is 159 Å². The number of thiol groups is 1. The van der Waals surface area contributed by atoms with Crippen LogP contribution in [0.15, 0.2) is 72.9 Å². The van der Waals surface area contributed by atoms with E-state index in [1.54, 1.807) is 0 Å². The van der Waals surface area contributed by atoms with Gasteiger partial charge in [0.1, 0.15) is 0 Å². The molecule has 0 aromatic heterocycles. The van der Waals surface area contributed by atoms with Gasteiger partial charge in [-0.15, -0.1) is 0 Å². The molecule has 23 heavy (non-hydrogen) atoms. The molecule has 0 spiro atoms. The van der Waals surface area contributed by atoms with E-state index >= 15 is 0 Å². The van der Waals surface area contributed by atoms with Crippen molar-refractivity contribution in [1.29, 1.82) is 0 Å². The van der Waals surface area contributed by atoms with Gasteiger partial charge >= 0.3 is 0 Å². The van der Waals surface area contributed by atoms with Crippen molar-refractivity contribution < 1.29 is 0 Å². The van der Waals surface area contributed by atoms with Crippen LogP contribution >= 0.6 is 31.9 Å². The predicted molar refractivity (Wildman–Crippen MR) is 109 cm³/mol. The zero-order chi connectivity index (χ0) is 16.4. The van der Waals surface area contributed by atoms with Crippen LogP contribution in [0, 0.1) is 6.92 Å². The second-order valence-corrected chi connectivity index (χ2v) is 9.05. The van der Waals surface area contributed by atoms with Gasteiger partial charge < -0.3 is 0 Å². The number of hydrogen-bond donors (Lipinski definition) is 0. The van der Waals surface area contributed by atoms with Crippen LogP contribution in [0.3, 0.4) is 0 Å². The molecule has 0 N–H and O–H groups in total. The lowest BCUT2D eigenvalue weighted by Crippen LogP contribution is -1.98. The van der Waals surface area contributed by atoms with Gasteiger partial charge in [0.05, 0.1) is 0 Å². The second kappa shape index (κ2) is 7.42. The van der Waals surface area contributed by atoms with Crippen LogP contribution in [-0.4, -0.2) is 0 Å². The first kappa shape index (κ1) is 17.1. The van der Waals surface area contributed by atoms with Gasteiger partial charge in [-0.25, -0.2) is 0 Å². The molecule has 0 unspecified atom stereocenters. The summed E-state index contributed by atoms with van der Waals surface area (Å²) in [6.45, 7) is 4.38. The Kier molecular flexibility index (Phi) is 5.50. The third-order valence-electron chi connectivity index (χ3n) is 4.03. The maximum atomic E-state index is 3.68. The first-order chi connectivity index (χ1) is 11.0. The van der Waals surface area contributed by atoms with Gasteiger partial charge in [0.25, 0.3) is 0 Å². The van der Waals surface area contributed by atoms with Crippen LogP contribution in [0.25, 0.3) is 5.57 Å². The Balaban J connectivity index is 2.03. The first-order valence-electron chi connectivity index (χ1n) is 7.67. The lowest BCUT2D eigenvalue weighted by molar-refractivity contribution is 0.957. The van der Waals surface area contributed by atoms with Crippen molar-refractivity contribution in [2.75, 3.05) is 0 Å². The van der Waals surface area contributed by atoms with E-state index in [0.717, 1.165) is 17.3 Å². The van der Waals surface area contributed by atoms with E-state index < -0.39 is 0 Å². The molecule has 2 aromatic rings. The third kappa shape index (κ3) is 4.20. The van der Waals surface area contributed by atoms with E-state index in [2.05, 4.69) is 94.2 Å². The average molecular weight is 451 g/mol. The van der Waals surface area contributed by atoms with Gasteiger partial charge in [0.15, 0.2) is 9.79 Å². The molecule has 0 nitrogen and oxygen atoms in total. The van der Waals surface area contributed by atoms with E-state index in [4.69, 9.17) is 0 Å². The number of rotatable bonds is 3. The zero-order valence-corrected chi connectivity index (χ0v) is 17.3. The van der Waals surface area contributed by atoms with E-state index in [-0.39, 0.29) is 0 Å². The van der Waals surface area contributed by atoms with Gasteiger partial charge in [0, 0.05) is 21.8 Å². The Bertz CT molecular complexity index is 786. The number of allylic oxidation sites excluding steroid dienone is 4. The van der Waals surface area contributed by atoms with E-state index in [0.29, 0.717) is 0 Å². The Morgan fingerprint density at radius 3 is 2.39 bits per heavy atom. The molecule has 0 saturated carbocycles. The number of benzene rings is 2. The molecule has 1 aliphatic carbocycles. The van der Waals surface area contributed by atoms with Crippen molar-refractivity contribution >= 4 is 49.2 Å². The molecule has 0 saturated heterocycles. The summed E-state index contributed by atoms with van der Waals surface area (Å²) in [6, 6.07) is 15.4. The molecule has 0 heterocycles. The average Bonchev–Trinajstić information content (AvgIpc) is 2.53. The summed E-state index contributed by atoms with van der Waals surface area (Å²) in [7, 11) is 0. The molecule has 0 bridgehead atoms. The highest BCUT2D eigenvalue weighted by atomic mass is 79.9. The molecule has 0 fully saturated rings. The molecular weight excluding hydrogens is 432 g/mol. The highest BCUT2D eigenvalue weighted by Crippen LogP contribution is 2.36. The fourth-order valence-electron chi connectivity index (χ4n) is 2.68. The molecule has 0 radical (unpaired) electrons. The minimum atomic E-state index is 1.11. The highest BCUT2D eigenvalue weighted by Gasteiger charge is 2.19. The van der Waals surface area contributed by atoms with Crippen LogP contribution in [0.4, 0.5) is 0 Å². The van der Waals surface area contributed by atoms with Gasteiger partial charge in [-0.3, -0.25) is 0 Å². The summed E-state index contributed by atoms with van der Waals surface area (Å²) in [5.74, 6) is 0. The molecule has 118 valence electrons. The minimum Gasteiger partial charge on any atom is -0.0649 e. The van der Waals surface area contributed by atoms with Crippen LogP contribution < -0.4 is 0 Å². The summed E-state index contributed by atoms with van der Waals surface area (Å²) in [4.78, 5) is 2.68. The lowest BCUT2D eigenvalue weighted by Gasteiger charge is -2.16. The minimum absolute atomic E-state index is 1.11. The zero-order valence-electron chi connectivity index (χ0n) is 13.2. The molecule has 0 amide bonds. The van der Waals surface area contributed by atoms with Crippen molar-refractivity contribution in [2.24, 2.45) is 0 Å². The largest absolute Gasteiger partial charge is 0.166 e. The molecule has 0 aliphatic heterocycles. The predicted octanol–water partition coefficient (Wildman–Crippen LogP) is 6.84. The molecule has 3 rings (SSSR count). The highest BCUT2D eigenvalue weighted by molar-refractivity contribution is 9.11. The first-order valence-corrected chi connectivity index (χ1v) is 10.1. The van der Waals surface area contributed by atoms with Crippen molar-refractivity contribution in [3.8, 4) is 0 Å². The molecule has 2 aromatic carbocycles. The SMILES string of the molecule is CC1=C(c2cc(Br)ccc2[SH+]c2ccc(C)cc2)C=C(Br)CC1. The van der Waals surface area contributed by atoms with Crippen LogP contribution in [0.5, 0.6) is 0 Å². The Morgan fingerprint density at radius 2 is 1.65 bits per heavy atom. The van der Waals surface area contributed by atoms with Gasteiger partial charge in [-0.2, -0.15) is 0 Å². The summed E-state index contributed by atoms with van der Waals surface area (Å²) < 4.78 is 2.42. The van der Waals surface area contributed by atoms with Crippen LogP contribution in [0.2, 0.25) is 0 Å². The normalized spacial score (nSPS) is 14.9. The van der Waals surface area contributed by atoms with Gasteiger partial charge in [0.2, 0.25) is 0 Å². The summed E-state index contributed by atoms with van der Waals surface area (Å²) in [6.07, 6.45) is 4.52. The van der Waals surface area contributed by atoms with Gasteiger partial charge in [-0.1, -0.05) is 55.1 Å². The number of aryl methyl sites for hydroxylation is 1. The monoisotopic (exact) mass is 449 g/mol. The third-order valence-corrected chi connectivity index (χ3v) is 6.34. The second-order valence-electron chi connectivity index (χ2n) is 5.89. The lowest BCUT2D eigenvalue weighted by atomic mass is 9.93. The Morgan fingerprint density at radius 1 is 0.913 bits per heavy atom. The van der Waals surface area contributed by atoms with Crippen molar-refractivity contribution in [1.82, 2.24) is 0 Å². The van der Waals surface area contributed by atoms with Crippen molar-refractivity contribution in [3.05, 3.63) is 74.2 Å². The van der Waals surface area contributed by atoms with Gasteiger partial charge in [-0.05, 0) is 73.2 Å². The molecule has 3 heteroatoms. The van der Waals surface area contributed by atoms with Crippen molar-refractivity contribution in [2.45, 2.75) is 36.5 Å². The fraction of sp³-hybridized carbons (Fsp3) is 0.200. The van der Waals surface area contributed by atoms with E-state index in [1.165, 1.54) is 48.3 Å². The summed E-state index contributed by atoms with van der Waals surface area (Å²) in [5, 5.41) is 0. The Hall–Kier alpha value is -0.770. The quantitative estimate of drug-likeness (QED) is 0.354. The smallest absolute Gasteiger partial charge is 0.0649 e. The molecule has 1 aliphatic rings. The van der Waals surface area contributed by atoms with Crippen molar-refractivity contribution in [3.63, 3.8) is 0 Å². The van der Waals surface area contributed by atoms with Crippen LogP contribution in [0.1, 0.15) is 30.9 Å². The molecule has 0 atom stereocenters. The standard InChI is InChI=1S/C20H18Br2S/c1-13-3-8-17(9-4-13)23-20-10-7-16(22)12-19(20)18-11-15(21)6-5-14(18)2/h3-4,7-12H,5-6H2,1-2H3/p+1. The topological polar surface area (TPSA) is 0 Å². The summed E-state index contributed by atoms with van der Waals surface area (Å²) >= 11 is 8.57. The summed E-state index contributed by atoms with van der Waals surface area (Å²) in [5.41, 5.74) is 5.46. The van der Waals surface area contributed by atoms with Crippen LogP contribution in [-0.2, 0) is 11.8 Å². The number of halogens is 2. The number of hydrogen-bond acceptors (Lipinski definition) is 0. The fourth-order valence-corrected chi connectivity index (χ4v) is 4.50. The van der Waals surface area contributed by atoms with E-state index in [1.807, 2.05) is 0 Å². The molecular formula is C20H19Br2S+. The van der Waals surface area contributed by atoms with E-state index in [9.17, 15) is 0 Å².